The number of anilines is 5. The van der Waals surface area contributed by atoms with Crippen LogP contribution in [0.3, 0.4) is 0 Å². The highest BCUT2D eigenvalue weighted by Crippen LogP contribution is 2.27. The minimum atomic E-state index is 0.208. The lowest BCUT2D eigenvalue weighted by Crippen LogP contribution is -2.21. The van der Waals surface area contributed by atoms with Crippen LogP contribution in [-0.4, -0.2) is 78.0 Å². The summed E-state index contributed by atoms with van der Waals surface area (Å²) in [5.41, 5.74) is 25.5. The van der Waals surface area contributed by atoms with E-state index in [2.05, 4.69) is 548 Å². The van der Waals surface area contributed by atoms with Crippen LogP contribution in [0.25, 0.3) is 72.9 Å². The molecule has 0 aliphatic heterocycles. The maximum atomic E-state index is 5.84. The van der Waals surface area contributed by atoms with Gasteiger partial charge >= 0.3 is 0 Å². The summed E-state index contributed by atoms with van der Waals surface area (Å²) in [5.74, 6) is 0.706. The number of unbranched alkanes of at least 4 members (excludes halogenated alkanes) is 1. The number of rotatable bonds is 40. The quantitative estimate of drug-likeness (QED) is 0.0277. The Balaban J connectivity index is 0.000000226. The Labute approximate surface area is 848 Å². The topological polar surface area (TPSA) is 16.2 Å². The minimum Gasteiger partial charge on any atom is -0.372 e. The standard InChI is InChI=1S/3C24H31N.C21H25NS.C20H23N.C17H15ClS/c1-6-25(7-2)23-18-14-21(15-19-23)11-9-8-10-20-12-16-22(17-13-20)24(3,4)5;1-5-25(6-2)24-17-15-22(16-18-24)10-8-7-9-21-11-13-23(14-12-21)19-20(3)4;1-4-7-10-21-13-15-22(16-14-21)11-8-9-12-23-17-19-24(20-18-23)25(5-2)6-3;1-4-22(5-2)20-14-10-18(11-15-20)8-6-7-9-19-12-16-21(23-3)17-13-19;1-3-21(4-2)20-16-14-19(15-17-20)13-9-8-12-18-10-6-5-7-11-18;1-19-17-12-8-15(9-13-17)5-3-2-4-14-6-10-16(18)11-7-14/h8-19H,6-7H2,1-5H3;7-18,20H,5-6,19H2,1-4H3;8-9,11-20H,4-7,10H2,1-3H3;6-17H,4-5H2,1-3H3;5-17H,3-4H2,1-2H3;2-13H,1H3/b10-8+,11-9+;9-7+,10-8+;11-8+,12-9+;8-6+,9-7+;12-8+,13-9-;4-2+,5-3+. The van der Waals surface area contributed by atoms with Crippen molar-refractivity contribution in [1.29, 1.82) is 0 Å². The van der Waals surface area contributed by atoms with Crippen molar-refractivity contribution in [3.05, 3.63) is 459 Å². The molecule has 0 saturated carbocycles. The fourth-order valence-electron chi connectivity index (χ4n) is 15.0. The van der Waals surface area contributed by atoms with Gasteiger partial charge in [-0.15, -0.1) is 23.5 Å². The monoisotopic (exact) mass is 1890 g/mol. The van der Waals surface area contributed by atoms with Crippen LogP contribution in [0.2, 0.25) is 5.02 Å². The summed E-state index contributed by atoms with van der Waals surface area (Å²) in [6, 6.07) is 105. The zero-order chi connectivity index (χ0) is 99.2. The van der Waals surface area contributed by atoms with Gasteiger partial charge in [0.1, 0.15) is 0 Å². The van der Waals surface area contributed by atoms with E-state index in [9.17, 15) is 0 Å². The molecule has 0 N–H and O–H groups in total. The summed E-state index contributed by atoms with van der Waals surface area (Å²) < 4.78 is 0. The van der Waals surface area contributed by atoms with E-state index in [0.29, 0.717) is 5.92 Å². The molecule has 0 spiro atoms. The Bertz CT molecular complexity index is 5650. The average molecular weight is 1890 g/mol. The van der Waals surface area contributed by atoms with Crippen molar-refractivity contribution in [2.75, 3.05) is 102 Å². The first-order chi connectivity index (χ1) is 67.2. The van der Waals surface area contributed by atoms with Gasteiger partial charge in [-0.25, -0.2) is 0 Å². The van der Waals surface area contributed by atoms with Gasteiger partial charge in [0.25, 0.3) is 0 Å². The number of nitrogens with zero attached hydrogens (tertiary/aromatic N) is 5. The first-order valence-corrected chi connectivity index (χ1v) is 52.7. The molecule has 0 heterocycles. The van der Waals surface area contributed by atoms with E-state index in [-0.39, 0.29) is 5.41 Å². The van der Waals surface area contributed by atoms with E-state index in [1.807, 2.05) is 42.5 Å². The van der Waals surface area contributed by atoms with Crippen molar-refractivity contribution in [2.24, 2.45) is 5.92 Å². The molecule has 12 rings (SSSR count). The minimum absolute atomic E-state index is 0.208. The van der Waals surface area contributed by atoms with Gasteiger partial charge in [0.2, 0.25) is 0 Å². The van der Waals surface area contributed by atoms with Gasteiger partial charge in [-0.05, 0) is 293 Å². The van der Waals surface area contributed by atoms with Gasteiger partial charge in [-0.2, -0.15) is 0 Å². The van der Waals surface area contributed by atoms with Crippen LogP contribution in [-0.2, 0) is 18.3 Å². The second-order valence-corrected chi connectivity index (χ2v) is 36.9. The highest BCUT2D eigenvalue weighted by Gasteiger charge is 2.13. The molecule has 0 radical (unpaired) electrons. The molecule has 12 aromatic carbocycles. The van der Waals surface area contributed by atoms with Crippen molar-refractivity contribution in [3.8, 4) is 0 Å². The number of thioether (sulfide) groups is 2. The Morgan fingerprint density at radius 2 is 0.442 bits per heavy atom. The molecular weight excluding hydrogens is 1730 g/mol. The molecule has 5 nitrogen and oxygen atoms in total. The predicted molar refractivity (Wildman–Crippen MR) is 628 cm³/mol. The second kappa shape index (κ2) is 66.1. The van der Waals surface area contributed by atoms with E-state index in [4.69, 9.17) is 11.6 Å². The van der Waals surface area contributed by atoms with Crippen molar-refractivity contribution < 1.29 is 0 Å². The maximum Gasteiger partial charge on any atom is 0.0406 e. The van der Waals surface area contributed by atoms with Gasteiger partial charge in [-0.3, -0.25) is 0 Å². The number of benzene rings is 12. The summed E-state index contributed by atoms with van der Waals surface area (Å²) in [7, 11) is 0. The molecule has 0 bridgehead atoms. The fourth-order valence-corrected chi connectivity index (χ4v) is 15.9. The molecule has 0 amide bonds. The first-order valence-electron chi connectivity index (χ1n) is 49.9. The number of halogens is 1. The summed E-state index contributed by atoms with van der Waals surface area (Å²) in [5, 5.41) is 0.765. The van der Waals surface area contributed by atoms with E-state index in [1.165, 1.54) is 135 Å². The predicted octanol–water partition coefficient (Wildman–Crippen LogP) is 36.6. The van der Waals surface area contributed by atoms with Crippen LogP contribution in [0.5, 0.6) is 0 Å². The Morgan fingerprint density at radius 1 is 0.246 bits per heavy atom. The molecular formula is C130H156ClN5S2. The van der Waals surface area contributed by atoms with Crippen molar-refractivity contribution in [1.82, 2.24) is 0 Å². The van der Waals surface area contributed by atoms with Crippen molar-refractivity contribution in [3.63, 3.8) is 0 Å². The third-order valence-electron chi connectivity index (χ3n) is 23.3. The van der Waals surface area contributed by atoms with Gasteiger partial charge in [0.05, 0.1) is 0 Å². The summed E-state index contributed by atoms with van der Waals surface area (Å²) in [6.45, 7) is 45.8. The lowest BCUT2D eigenvalue weighted by molar-refractivity contribution is 0.590. The van der Waals surface area contributed by atoms with Crippen molar-refractivity contribution >= 4 is 136 Å². The van der Waals surface area contributed by atoms with Gasteiger partial charge in [0.15, 0.2) is 0 Å². The Kier molecular flexibility index (Phi) is 53.9. The maximum absolute atomic E-state index is 5.84. The van der Waals surface area contributed by atoms with Gasteiger partial charge in [0, 0.05) is 109 Å². The van der Waals surface area contributed by atoms with E-state index >= 15 is 0 Å². The van der Waals surface area contributed by atoms with E-state index in [0.717, 1.165) is 82.5 Å². The molecule has 0 fully saturated rings. The molecule has 12 aromatic rings. The van der Waals surface area contributed by atoms with Crippen LogP contribution < -0.4 is 24.5 Å². The largest absolute Gasteiger partial charge is 0.372 e. The molecule has 0 unspecified atom stereocenters. The van der Waals surface area contributed by atoms with Crippen LogP contribution in [0.4, 0.5) is 28.4 Å². The van der Waals surface area contributed by atoms with Crippen LogP contribution >= 0.6 is 35.1 Å². The van der Waals surface area contributed by atoms with Crippen molar-refractivity contribution in [2.45, 2.75) is 152 Å². The highest BCUT2D eigenvalue weighted by atomic mass is 35.5. The highest BCUT2D eigenvalue weighted by molar-refractivity contribution is 7.98. The van der Waals surface area contributed by atoms with E-state index < -0.39 is 0 Å². The zero-order valence-corrected chi connectivity index (χ0v) is 88.4. The normalized spacial score (nSPS) is 11.6. The first kappa shape index (κ1) is 113. The van der Waals surface area contributed by atoms with Crippen LogP contribution in [0.1, 0.15) is 207 Å². The lowest BCUT2D eigenvalue weighted by atomic mass is 9.87. The fraction of sp³-hybridized carbons (Fsp3) is 0.262. The second-order valence-electron chi connectivity index (χ2n) is 34.7. The zero-order valence-electron chi connectivity index (χ0n) is 86.1. The molecule has 0 aliphatic rings. The summed E-state index contributed by atoms with van der Waals surface area (Å²) in [4.78, 5) is 14.4. The summed E-state index contributed by atoms with van der Waals surface area (Å²) in [6.07, 6.45) is 59.6. The third-order valence-corrected chi connectivity index (χ3v) is 25.1. The molecule has 8 heteroatoms. The van der Waals surface area contributed by atoms with Gasteiger partial charge < -0.3 is 24.5 Å². The molecule has 0 aromatic heterocycles. The molecule has 720 valence electrons. The third kappa shape index (κ3) is 43.9. The van der Waals surface area contributed by atoms with Crippen LogP contribution in [0.15, 0.2) is 380 Å². The van der Waals surface area contributed by atoms with E-state index in [1.54, 1.807) is 23.5 Å². The molecule has 0 aliphatic carbocycles. The molecule has 0 atom stereocenters. The Morgan fingerprint density at radius 3 is 0.645 bits per heavy atom. The summed E-state index contributed by atoms with van der Waals surface area (Å²) >= 11 is 9.36. The van der Waals surface area contributed by atoms with Gasteiger partial charge in [-0.1, -0.05) is 406 Å². The SMILES string of the molecule is CCCCc1ccc(/C=C/C=C/c2ccc(N(CC)CC)cc2)cc1.CCN(CC)c1ccc(/C=C/C=C/c2ccc(C(C)(C)C)cc2)cc1.CCN(CC)c1ccc(/C=C/C=C/c2ccc(CC(C)C)cc2)cc1.CCN(CC)c1ccc(/C=C/C=C/c2ccc(SC)cc2)cc1.CCN(CC)c1ccc(/C=C\C=C\c2ccccc2)cc1.CSc1ccc(/C=C/C=C/c2ccc(Cl)cc2)cc1. The Hall–Kier alpha value is -12.5. The number of allylic oxidation sites excluding steroid dienone is 12. The number of aryl methyl sites for hydroxylation is 1. The molecule has 138 heavy (non-hydrogen) atoms. The smallest absolute Gasteiger partial charge is 0.0406 e. The average Bonchev–Trinajstić information content (AvgIpc) is 0.861. The number of hydrogen-bond donors (Lipinski definition) is 0. The lowest BCUT2D eigenvalue weighted by Gasteiger charge is -2.20. The number of hydrogen-bond acceptors (Lipinski definition) is 7. The molecule has 0 saturated heterocycles. The van der Waals surface area contributed by atoms with Crippen LogP contribution in [0, 0.1) is 5.92 Å².